The van der Waals surface area contributed by atoms with Crippen molar-refractivity contribution in [2.45, 2.75) is 0 Å². The first kappa shape index (κ1) is 15.8. The zero-order valence-electron chi connectivity index (χ0n) is 8.33. The average molecular weight is 487 g/mol. The molecule has 0 saturated carbocycles. The van der Waals surface area contributed by atoms with E-state index < -0.39 is 26.7 Å². The van der Waals surface area contributed by atoms with E-state index in [0.717, 1.165) is 0 Å². The van der Waals surface area contributed by atoms with Crippen molar-refractivity contribution in [1.82, 2.24) is 0 Å². The Kier molecular flexibility index (Phi) is 6.45. The fraction of sp³-hybridized carbons (Fsp3) is 0.125. The van der Waals surface area contributed by atoms with Crippen LogP contribution in [-0.2, 0) is 8.53 Å². The molecule has 0 bridgehead atoms. The summed E-state index contributed by atoms with van der Waals surface area (Å²) in [7, 11) is 0. The molecule has 0 saturated heterocycles. The van der Waals surface area contributed by atoms with Crippen LogP contribution in [0.1, 0.15) is 0 Å². The van der Waals surface area contributed by atoms with Gasteiger partial charge in [0.2, 0.25) is 0 Å². The molecule has 0 heterocycles. The molecule has 0 atom stereocenters. The summed E-state index contributed by atoms with van der Waals surface area (Å²) in [4.78, 5) is 10.8. The molecule has 0 aliphatic carbocycles. The third kappa shape index (κ3) is 4.77. The van der Waals surface area contributed by atoms with E-state index >= 15 is 0 Å². The van der Waals surface area contributed by atoms with Crippen LogP contribution in [-0.4, -0.2) is 66.2 Å². The van der Waals surface area contributed by atoms with Gasteiger partial charge in [-0.05, 0) is 0 Å². The van der Waals surface area contributed by atoms with Crippen molar-refractivity contribution in [3.63, 3.8) is 0 Å². The molecule has 4 N–H and O–H groups in total. The second kappa shape index (κ2) is 6.52. The van der Waals surface area contributed by atoms with E-state index in [0.29, 0.717) is 5.69 Å². The molecular weight excluding hydrogens is 474 g/mol. The number of anilines is 1. The Balaban J connectivity index is 0.00000225. The van der Waals surface area contributed by atoms with Crippen LogP contribution in [0.2, 0.25) is 0 Å². The van der Waals surface area contributed by atoms with Gasteiger partial charge < -0.3 is 0 Å². The number of hydrogen-bond acceptors (Lipinski definition) is 3. The molecule has 0 unspecified atom stereocenters. The van der Waals surface area contributed by atoms with Crippen LogP contribution in [0.4, 0.5) is 5.69 Å². The molecule has 0 fully saturated rings. The first-order valence-electron chi connectivity index (χ1n) is 4.00. The summed E-state index contributed by atoms with van der Waals surface area (Å²) in [6.07, 6.45) is 0. The molecule has 16 heavy (non-hydrogen) atoms. The van der Waals surface area contributed by atoms with Gasteiger partial charge in [0.05, 0.1) is 0 Å². The number of carbonyl (C=O) groups excluding carboxylic acids is 1. The molecule has 0 aliphatic heterocycles. The van der Waals surface area contributed by atoms with E-state index in [2.05, 4.69) is 5.32 Å². The second-order valence-electron chi connectivity index (χ2n) is 2.80. The molecule has 0 spiro atoms. The number of benzene rings is 1. The minimum absolute atomic E-state index is 0. The predicted octanol–water partition coefficient (Wildman–Crippen LogP) is -3.01. The third-order valence-corrected chi connectivity index (χ3v) is 3.67. The molecule has 1 aromatic rings. The normalized spacial score (nSPS) is 10.4. The molecule has 0 aromatic heterocycles. The third-order valence-electron chi connectivity index (χ3n) is 1.63. The van der Waals surface area contributed by atoms with Gasteiger partial charge >= 0.3 is 114 Å². The van der Waals surface area contributed by atoms with Gasteiger partial charge in [0.25, 0.3) is 0 Å². The molecule has 1 amide bonds. The zero-order chi connectivity index (χ0) is 11.5. The molecule has 6 nitrogen and oxygen atoms in total. The summed E-state index contributed by atoms with van der Waals surface area (Å²) in [5.74, 6) is -0.579. The van der Waals surface area contributed by atoms with Gasteiger partial charge in [0.15, 0.2) is 0 Å². The number of hydrogen-bond donors (Lipinski definition) is 4. The van der Waals surface area contributed by atoms with E-state index in [9.17, 15) is 8.53 Å². The predicted molar refractivity (Wildman–Crippen MR) is 62.6 cm³/mol. The van der Waals surface area contributed by atoms with Crippen LogP contribution in [0.15, 0.2) is 24.3 Å². The van der Waals surface area contributed by atoms with Gasteiger partial charge in [-0.2, -0.15) is 0 Å². The topological polar surface area (TPSA) is 107 Å². The van der Waals surface area contributed by atoms with Gasteiger partial charge in [-0.15, -0.1) is 0 Å². The van der Waals surface area contributed by atoms with Crippen molar-refractivity contribution < 1.29 is 21.8 Å². The van der Waals surface area contributed by atoms with Crippen LogP contribution in [0.5, 0.6) is 0 Å². The van der Waals surface area contributed by atoms with Crippen molar-refractivity contribution in [3.05, 3.63) is 24.3 Å². The standard InChI is InChI=1S/C8H10AsNO5.Bi.3H/c11-5-8(12)10-7-3-1-6(2-4-7)9(13,14)15;;;;/h1-4,11H,5H2,(H,10,12)(H2,13,14,15);;;;. The van der Waals surface area contributed by atoms with Gasteiger partial charge in [0.1, 0.15) is 0 Å². The van der Waals surface area contributed by atoms with Crippen molar-refractivity contribution in [2.75, 3.05) is 11.9 Å². The fourth-order valence-corrected chi connectivity index (χ4v) is 2.07. The molecule has 0 aliphatic rings. The number of rotatable bonds is 3. The van der Waals surface area contributed by atoms with Crippen LogP contribution in [0, 0.1) is 0 Å². The van der Waals surface area contributed by atoms with Crippen LogP contribution >= 0.6 is 0 Å². The van der Waals surface area contributed by atoms with Crippen LogP contribution < -0.4 is 9.67 Å². The average Bonchev–Trinajstić information content (AvgIpc) is 2.17. The van der Waals surface area contributed by atoms with E-state index in [1.807, 2.05) is 0 Å². The summed E-state index contributed by atoms with van der Waals surface area (Å²) >= 11 is -4.84. The molecule has 8 heteroatoms. The Morgan fingerprint density at radius 1 is 1.25 bits per heavy atom. The summed E-state index contributed by atoms with van der Waals surface area (Å²) in [5.41, 5.74) is 0.377. The summed E-state index contributed by atoms with van der Waals surface area (Å²) < 4.78 is 28.5. The van der Waals surface area contributed by atoms with Crippen molar-refractivity contribution in [3.8, 4) is 0 Å². The Morgan fingerprint density at radius 3 is 2.12 bits per heavy atom. The van der Waals surface area contributed by atoms with E-state index in [4.69, 9.17) is 13.3 Å². The summed E-state index contributed by atoms with van der Waals surface area (Å²) in [5, 5.41) is 10.8. The van der Waals surface area contributed by atoms with Gasteiger partial charge in [-0.1, -0.05) is 0 Å². The number of aliphatic hydroxyl groups excluding tert-OH is 1. The fourth-order valence-electron chi connectivity index (χ4n) is 0.939. The Labute approximate surface area is 114 Å². The Bertz CT molecular complexity index is 401. The Morgan fingerprint density at radius 2 is 1.75 bits per heavy atom. The molecule has 1 rings (SSSR count). The first-order chi connectivity index (χ1) is 6.93. The SMILES string of the molecule is O=C(CO)Nc1ccc([As](=O)(O)O)cc1.[BiH3]. The summed E-state index contributed by atoms with van der Waals surface area (Å²) in [6, 6.07) is 5.21. The Hall–Kier alpha value is -0.188. The van der Waals surface area contributed by atoms with E-state index in [1.54, 1.807) is 0 Å². The molecular formula is C8H13AsBiNO5. The van der Waals surface area contributed by atoms with Gasteiger partial charge in [-0.25, -0.2) is 0 Å². The number of aliphatic hydroxyl groups is 1. The van der Waals surface area contributed by atoms with Gasteiger partial charge in [-0.3, -0.25) is 0 Å². The van der Waals surface area contributed by atoms with E-state index in [1.165, 1.54) is 24.3 Å². The zero-order valence-corrected chi connectivity index (χ0v) is 15.7. The number of nitrogens with one attached hydrogen (secondary N) is 1. The number of amides is 1. The maximum absolute atomic E-state index is 10.9. The summed E-state index contributed by atoms with van der Waals surface area (Å²) in [6.45, 7) is -0.635. The van der Waals surface area contributed by atoms with Gasteiger partial charge in [0, 0.05) is 0 Å². The first-order valence-corrected chi connectivity index (χ1v) is 7.38. The second-order valence-corrected chi connectivity index (χ2v) is 6.16. The monoisotopic (exact) mass is 487 g/mol. The van der Waals surface area contributed by atoms with Crippen LogP contribution in [0.3, 0.4) is 0 Å². The molecule has 90 valence electrons. The van der Waals surface area contributed by atoms with Crippen molar-refractivity contribution in [2.24, 2.45) is 0 Å². The van der Waals surface area contributed by atoms with Crippen LogP contribution in [0.25, 0.3) is 0 Å². The minimum atomic E-state index is -4.84. The van der Waals surface area contributed by atoms with Crippen molar-refractivity contribution >= 4 is 56.3 Å². The van der Waals surface area contributed by atoms with E-state index in [-0.39, 0.29) is 30.6 Å². The van der Waals surface area contributed by atoms with Crippen molar-refractivity contribution in [1.29, 1.82) is 0 Å². The number of carbonyl (C=O) groups is 1. The maximum atomic E-state index is 10.9. The molecule has 0 radical (unpaired) electrons. The molecule has 1 aromatic carbocycles. The quantitative estimate of drug-likeness (QED) is 0.341.